The van der Waals surface area contributed by atoms with E-state index in [9.17, 15) is 4.79 Å². The van der Waals surface area contributed by atoms with Crippen molar-refractivity contribution >= 4 is 5.78 Å². The summed E-state index contributed by atoms with van der Waals surface area (Å²) in [6.07, 6.45) is 1.63. The van der Waals surface area contributed by atoms with E-state index in [1.807, 2.05) is 13.0 Å². The van der Waals surface area contributed by atoms with Gasteiger partial charge in [0.1, 0.15) is 11.5 Å². The number of benzene rings is 1. The summed E-state index contributed by atoms with van der Waals surface area (Å²) in [7, 11) is 3.21. The molecule has 1 aliphatic heterocycles. The van der Waals surface area contributed by atoms with Gasteiger partial charge >= 0.3 is 0 Å². The first-order chi connectivity index (χ1) is 9.15. The number of nitrogens with one attached hydrogen (secondary N) is 1. The Morgan fingerprint density at radius 3 is 2.63 bits per heavy atom. The first-order valence-electron chi connectivity index (χ1n) is 6.62. The third-order valence-electron chi connectivity index (χ3n) is 3.65. The fourth-order valence-electron chi connectivity index (χ4n) is 2.53. The van der Waals surface area contributed by atoms with Crippen LogP contribution >= 0.6 is 0 Å². The second-order valence-corrected chi connectivity index (χ2v) is 5.01. The largest absolute Gasteiger partial charge is 0.496 e. The van der Waals surface area contributed by atoms with Crippen LogP contribution in [-0.4, -0.2) is 33.1 Å². The van der Waals surface area contributed by atoms with Crippen molar-refractivity contribution < 1.29 is 14.3 Å². The lowest BCUT2D eigenvalue weighted by molar-refractivity contribution is 0.0961. The molecule has 2 rings (SSSR count). The molecule has 0 saturated carbocycles. The number of hydrogen-bond donors (Lipinski definition) is 1. The van der Waals surface area contributed by atoms with Gasteiger partial charge in [0, 0.05) is 6.42 Å². The van der Waals surface area contributed by atoms with E-state index >= 15 is 0 Å². The van der Waals surface area contributed by atoms with Gasteiger partial charge in [-0.1, -0.05) is 0 Å². The fourth-order valence-corrected chi connectivity index (χ4v) is 2.53. The maximum Gasteiger partial charge on any atom is 0.167 e. The Morgan fingerprint density at radius 1 is 1.32 bits per heavy atom. The van der Waals surface area contributed by atoms with Crippen molar-refractivity contribution in [3.63, 3.8) is 0 Å². The number of methoxy groups -OCH3 is 2. The van der Waals surface area contributed by atoms with Crippen molar-refractivity contribution in [1.29, 1.82) is 0 Å². The van der Waals surface area contributed by atoms with Gasteiger partial charge in [-0.2, -0.15) is 0 Å². The summed E-state index contributed by atoms with van der Waals surface area (Å²) in [6.45, 7) is 3.87. The topological polar surface area (TPSA) is 47.6 Å². The van der Waals surface area contributed by atoms with Crippen LogP contribution in [0.4, 0.5) is 0 Å². The summed E-state index contributed by atoms with van der Waals surface area (Å²) in [4.78, 5) is 12.4. The van der Waals surface area contributed by atoms with E-state index in [1.165, 1.54) is 0 Å². The van der Waals surface area contributed by atoms with E-state index in [2.05, 4.69) is 5.32 Å². The van der Waals surface area contributed by atoms with Gasteiger partial charge in [0.2, 0.25) is 0 Å². The first kappa shape index (κ1) is 13.9. The molecule has 1 atom stereocenters. The van der Waals surface area contributed by atoms with Crippen molar-refractivity contribution in [3.05, 3.63) is 23.3 Å². The molecule has 1 N–H and O–H groups in total. The summed E-state index contributed by atoms with van der Waals surface area (Å²) < 4.78 is 10.6. The third kappa shape index (κ3) is 3.07. The van der Waals surface area contributed by atoms with Gasteiger partial charge in [-0.25, -0.2) is 0 Å². The molecular weight excluding hydrogens is 242 g/mol. The van der Waals surface area contributed by atoms with Crippen LogP contribution in [0, 0.1) is 12.8 Å². The Bertz CT molecular complexity index is 465. The third-order valence-corrected chi connectivity index (χ3v) is 3.65. The van der Waals surface area contributed by atoms with Crippen LogP contribution in [0.2, 0.25) is 0 Å². The maximum absolute atomic E-state index is 12.4. The van der Waals surface area contributed by atoms with E-state index in [0.29, 0.717) is 23.7 Å². The van der Waals surface area contributed by atoms with Crippen LogP contribution in [0.3, 0.4) is 0 Å². The van der Waals surface area contributed by atoms with E-state index < -0.39 is 0 Å². The Hall–Kier alpha value is -1.55. The van der Waals surface area contributed by atoms with E-state index in [1.54, 1.807) is 20.3 Å². The number of aryl methyl sites for hydroxylation is 1. The van der Waals surface area contributed by atoms with E-state index in [0.717, 1.165) is 30.8 Å². The highest BCUT2D eigenvalue weighted by Gasteiger charge is 2.22. The van der Waals surface area contributed by atoms with Crippen LogP contribution < -0.4 is 14.8 Å². The molecule has 104 valence electrons. The highest BCUT2D eigenvalue weighted by atomic mass is 16.5. The second-order valence-electron chi connectivity index (χ2n) is 5.01. The second kappa shape index (κ2) is 6.06. The molecule has 0 aromatic heterocycles. The molecule has 0 amide bonds. The minimum absolute atomic E-state index is 0.129. The normalized spacial score (nSPS) is 18.4. The molecule has 1 aliphatic rings. The monoisotopic (exact) mass is 263 g/mol. The molecule has 1 fully saturated rings. The molecular formula is C15H21NO3. The number of carbonyl (C=O) groups excluding carboxylic acids is 1. The summed E-state index contributed by atoms with van der Waals surface area (Å²) in [6, 6.07) is 3.65. The molecule has 0 aliphatic carbocycles. The van der Waals surface area contributed by atoms with Crippen LogP contribution in [0.1, 0.15) is 28.8 Å². The fraction of sp³-hybridized carbons (Fsp3) is 0.533. The summed E-state index contributed by atoms with van der Waals surface area (Å²) in [5, 5.41) is 3.28. The van der Waals surface area contributed by atoms with Crippen molar-refractivity contribution in [3.8, 4) is 11.5 Å². The SMILES string of the molecule is COc1cc(C(=O)CC2CCNC2)c(OC)cc1C. The van der Waals surface area contributed by atoms with E-state index in [-0.39, 0.29) is 5.78 Å². The zero-order valence-corrected chi connectivity index (χ0v) is 11.8. The highest BCUT2D eigenvalue weighted by Crippen LogP contribution is 2.30. The lowest BCUT2D eigenvalue weighted by Gasteiger charge is -2.13. The van der Waals surface area contributed by atoms with Gasteiger partial charge in [-0.15, -0.1) is 0 Å². The number of hydrogen-bond acceptors (Lipinski definition) is 4. The lowest BCUT2D eigenvalue weighted by atomic mass is 9.96. The Kier molecular flexibility index (Phi) is 4.43. The van der Waals surface area contributed by atoms with Crippen LogP contribution in [-0.2, 0) is 0 Å². The molecule has 1 heterocycles. The van der Waals surface area contributed by atoms with Gasteiger partial charge in [0.05, 0.1) is 19.8 Å². The minimum atomic E-state index is 0.129. The minimum Gasteiger partial charge on any atom is -0.496 e. The average molecular weight is 263 g/mol. The van der Waals surface area contributed by atoms with Gasteiger partial charge < -0.3 is 14.8 Å². The van der Waals surface area contributed by atoms with Crippen LogP contribution in [0.5, 0.6) is 11.5 Å². The predicted octanol–water partition coefficient (Wildman–Crippen LogP) is 2.19. The average Bonchev–Trinajstić information content (AvgIpc) is 2.91. The number of rotatable bonds is 5. The number of carbonyl (C=O) groups is 1. The van der Waals surface area contributed by atoms with Gasteiger partial charge in [-0.05, 0) is 50.0 Å². The quantitative estimate of drug-likeness (QED) is 0.827. The van der Waals surface area contributed by atoms with Crippen molar-refractivity contribution in [2.24, 2.45) is 5.92 Å². The number of ether oxygens (including phenoxy) is 2. The Balaban J connectivity index is 2.23. The van der Waals surface area contributed by atoms with Crippen molar-refractivity contribution in [1.82, 2.24) is 5.32 Å². The lowest BCUT2D eigenvalue weighted by Crippen LogP contribution is -2.13. The molecule has 0 bridgehead atoms. The number of Topliss-reactive ketones (excluding diaryl/α,β-unsaturated/α-hetero) is 1. The molecule has 1 aromatic rings. The van der Waals surface area contributed by atoms with Gasteiger partial charge in [0.15, 0.2) is 5.78 Å². The first-order valence-corrected chi connectivity index (χ1v) is 6.62. The van der Waals surface area contributed by atoms with Crippen LogP contribution in [0.25, 0.3) is 0 Å². The summed E-state index contributed by atoms with van der Waals surface area (Å²) in [5.41, 5.74) is 1.59. The standard InChI is InChI=1S/C15H21NO3/c1-10-6-15(19-3)12(8-14(10)18-2)13(17)7-11-4-5-16-9-11/h6,8,11,16H,4-5,7,9H2,1-3H3. The molecule has 0 radical (unpaired) electrons. The zero-order chi connectivity index (χ0) is 13.8. The highest BCUT2D eigenvalue weighted by molar-refractivity contribution is 5.99. The molecule has 4 nitrogen and oxygen atoms in total. The number of ketones is 1. The molecule has 1 saturated heterocycles. The molecule has 1 unspecified atom stereocenters. The van der Waals surface area contributed by atoms with Crippen molar-refractivity contribution in [2.45, 2.75) is 19.8 Å². The van der Waals surface area contributed by atoms with Crippen molar-refractivity contribution in [2.75, 3.05) is 27.3 Å². The zero-order valence-electron chi connectivity index (χ0n) is 11.8. The van der Waals surface area contributed by atoms with Crippen LogP contribution in [0.15, 0.2) is 12.1 Å². The van der Waals surface area contributed by atoms with Gasteiger partial charge in [-0.3, -0.25) is 4.79 Å². The maximum atomic E-state index is 12.4. The molecule has 19 heavy (non-hydrogen) atoms. The Morgan fingerprint density at radius 2 is 2.05 bits per heavy atom. The molecule has 1 aromatic carbocycles. The van der Waals surface area contributed by atoms with Gasteiger partial charge in [0.25, 0.3) is 0 Å². The van der Waals surface area contributed by atoms with E-state index in [4.69, 9.17) is 9.47 Å². The smallest absolute Gasteiger partial charge is 0.167 e. The summed E-state index contributed by atoms with van der Waals surface area (Å²) in [5.74, 6) is 1.93. The molecule has 0 spiro atoms. The molecule has 4 heteroatoms. The predicted molar refractivity (Wildman–Crippen MR) is 74.2 cm³/mol. The summed E-state index contributed by atoms with van der Waals surface area (Å²) >= 11 is 0. The Labute approximate surface area is 114 Å².